The summed E-state index contributed by atoms with van der Waals surface area (Å²) >= 11 is 7.37. The number of nitrogens with one attached hydrogen (secondary N) is 1. The van der Waals surface area contributed by atoms with Gasteiger partial charge in [-0.05, 0) is 25.1 Å². The minimum atomic E-state index is -1.15. The highest BCUT2D eigenvalue weighted by Gasteiger charge is 2.17. The van der Waals surface area contributed by atoms with Gasteiger partial charge in [0.2, 0.25) is 0 Å². The molecule has 0 radical (unpaired) electrons. The maximum Gasteiger partial charge on any atom is 0.339 e. The second-order valence-corrected chi connectivity index (χ2v) is 5.90. The van der Waals surface area contributed by atoms with E-state index in [1.165, 1.54) is 30.6 Å². The van der Waals surface area contributed by atoms with Gasteiger partial charge in [-0.25, -0.2) is 4.79 Å². The second kappa shape index (κ2) is 6.15. The Morgan fingerprint density at radius 2 is 2.05 bits per heavy atom. The van der Waals surface area contributed by atoms with Crippen molar-refractivity contribution in [3.05, 3.63) is 44.6 Å². The quantitative estimate of drug-likeness (QED) is 0.899. The van der Waals surface area contributed by atoms with Crippen molar-refractivity contribution < 1.29 is 19.4 Å². The minimum Gasteiger partial charge on any atom is -0.496 e. The lowest BCUT2D eigenvalue weighted by Crippen LogP contribution is -2.11. The van der Waals surface area contributed by atoms with Crippen LogP contribution >= 0.6 is 22.9 Å². The van der Waals surface area contributed by atoms with Gasteiger partial charge >= 0.3 is 5.97 Å². The number of carbonyl (C=O) groups is 2. The van der Waals surface area contributed by atoms with Crippen molar-refractivity contribution in [1.29, 1.82) is 0 Å². The summed E-state index contributed by atoms with van der Waals surface area (Å²) in [6.45, 7) is 1.90. The molecular weight excluding hydrogens is 314 g/mol. The lowest BCUT2D eigenvalue weighted by atomic mass is 10.1. The average molecular weight is 326 g/mol. The topological polar surface area (TPSA) is 75.6 Å². The van der Waals surface area contributed by atoms with Crippen LogP contribution in [0.1, 0.15) is 24.9 Å². The normalized spacial score (nSPS) is 10.2. The first-order valence-electron chi connectivity index (χ1n) is 5.91. The van der Waals surface area contributed by atoms with Gasteiger partial charge in [-0.3, -0.25) is 4.79 Å². The molecule has 1 amide bonds. The van der Waals surface area contributed by atoms with Gasteiger partial charge < -0.3 is 15.2 Å². The summed E-state index contributed by atoms with van der Waals surface area (Å²) in [7, 11) is 1.35. The van der Waals surface area contributed by atoms with E-state index in [9.17, 15) is 9.59 Å². The molecule has 0 unspecified atom stereocenters. The number of amides is 1. The number of anilines is 1. The first kappa shape index (κ1) is 15.3. The average Bonchev–Trinajstić information content (AvgIpc) is 2.87. The zero-order chi connectivity index (χ0) is 15.6. The number of hydrogen-bond acceptors (Lipinski definition) is 4. The van der Waals surface area contributed by atoms with E-state index in [0.29, 0.717) is 10.6 Å². The lowest BCUT2D eigenvalue weighted by Gasteiger charge is -2.11. The van der Waals surface area contributed by atoms with Gasteiger partial charge in [0.05, 0.1) is 22.7 Å². The van der Waals surface area contributed by atoms with Crippen LogP contribution in [0.15, 0.2) is 24.3 Å². The molecule has 0 bridgehead atoms. The van der Waals surface area contributed by atoms with Crippen molar-refractivity contribution in [1.82, 2.24) is 0 Å². The number of halogens is 1. The van der Waals surface area contributed by atoms with Crippen LogP contribution in [0, 0.1) is 6.92 Å². The van der Waals surface area contributed by atoms with E-state index in [1.54, 1.807) is 6.07 Å². The molecule has 0 saturated carbocycles. The molecule has 2 N–H and O–H groups in total. The number of methoxy groups -OCH3 is 1. The molecule has 0 aliphatic rings. The molecule has 7 heteroatoms. The predicted octanol–water partition coefficient (Wildman–Crippen LogP) is 3.67. The first-order chi connectivity index (χ1) is 9.92. The van der Waals surface area contributed by atoms with Crippen LogP contribution < -0.4 is 10.1 Å². The fraction of sp³-hybridized carbons (Fsp3) is 0.143. The third-order valence-corrected chi connectivity index (χ3v) is 4.04. The fourth-order valence-corrected chi connectivity index (χ4v) is 2.70. The number of thiophene rings is 1. The Hall–Kier alpha value is -2.05. The van der Waals surface area contributed by atoms with Crippen molar-refractivity contribution in [3.8, 4) is 5.75 Å². The number of carboxylic acids is 1. The summed E-state index contributed by atoms with van der Waals surface area (Å²) in [6, 6.07) is 6.20. The number of aromatic carboxylic acids is 1. The SMILES string of the molecule is COc1cc(NC(=O)c2ccc(C)s2)c(Cl)cc1C(=O)O. The number of aryl methyl sites for hydroxylation is 1. The third-order valence-electron chi connectivity index (χ3n) is 2.73. The first-order valence-corrected chi connectivity index (χ1v) is 7.10. The number of rotatable bonds is 4. The lowest BCUT2D eigenvalue weighted by molar-refractivity contribution is 0.0693. The van der Waals surface area contributed by atoms with Crippen LogP contribution in [0.25, 0.3) is 0 Å². The van der Waals surface area contributed by atoms with E-state index in [0.717, 1.165) is 4.88 Å². The van der Waals surface area contributed by atoms with Gasteiger partial charge in [-0.1, -0.05) is 11.6 Å². The van der Waals surface area contributed by atoms with Crippen molar-refractivity contribution >= 4 is 40.5 Å². The van der Waals surface area contributed by atoms with Gasteiger partial charge in [0, 0.05) is 10.9 Å². The van der Waals surface area contributed by atoms with Crippen LogP contribution in [0.2, 0.25) is 5.02 Å². The summed E-state index contributed by atoms with van der Waals surface area (Å²) in [6.07, 6.45) is 0. The smallest absolute Gasteiger partial charge is 0.339 e. The Morgan fingerprint density at radius 1 is 1.33 bits per heavy atom. The highest BCUT2D eigenvalue weighted by atomic mass is 35.5. The van der Waals surface area contributed by atoms with Crippen molar-refractivity contribution in [2.75, 3.05) is 12.4 Å². The van der Waals surface area contributed by atoms with Crippen LogP contribution in [-0.4, -0.2) is 24.1 Å². The summed E-state index contributed by atoms with van der Waals surface area (Å²) < 4.78 is 5.01. The van der Waals surface area contributed by atoms with Gasteiger partial charge in [0.15, 0.2) is 0 Å². The molecule has 0 atom stereocenters. The summed E-state index contributed by atoms with van der Waals surface area (Å²) in [5.41, 5.74) is 0.238. The van der Waals surface area contributed by atoms with Gasteiger partial charge in [-0.15, -0.1) is 11.3 Å². The number of hydrogen-bond donors (Lipinski definition) is 2. The molecule has 1 heterocycles. The van der Waals surface area contributed by atoms with E-state index in [2.05, 4.69) is 5.32 Å². The molecule has 0 spiro atoms. The molecule has 21 heavy (non-hydrogen) atoms. The molecule has 0 aliphatic heterocycles. The molecule has 2 aromatic rings. The Bertz CT molecular complexity index is 711. The van der Waals surface area contributed by atoms with E-state index in [-0.39, 0.29) is 22.2 Å². The molecule has 1 aromatic carbocycles. The highest BCUT2D eigenvalue weighted by molar-refractivity contribution is 7.14. The van der Waals surface area contributed by atoms with Crippen LogP contribution in [0.5, 0.6) is 5.75 Å². The Kier molecular flexibility index (Phi) is 4.50. The van der Waals surface area contributed by atoms with Crippen molar-refractivity contribution in [2.45, 2.75) is 6.92 Å². The number of carboxylic acid groups (broad SMARTS) is 1. The van der Waals surface area contributed by atoms with E-state index in [1.807, 2.05) is 13.0 Å². The Balaban J connectivity index is 2.32. The predicted molar refractivity (Wildman–Crippen MR) is 82.0 cm³/mol. The van der Waals surface area contributed by atoms with Gasteiger partial charge in [0.25, 0.3) is 5.91 Å². The van der Waals surface area contributed by atoms with Crippen LogP contribution in [-0.2, 0) is 0 Å². The van der Waals surface area contributed by atoms with Crippen LogP contribution in [0.3, 0.4) is 0 Å². The van der Waals surface area contributed by atoms with E-state index >= 15 is 0 Å². The molecule has 1 aromatic heterocycles. The molecule has 5 nitrogen and oxygen atoms in total. The third kappa shape index (κ3) is 3.34. The second-order valence-electron chi connectivity index (χ2n) is 4.20. The summed E-state index contributed by atoms with van der Waals surface area (Å²) in [4.78, 5) is 24.7. The van der Waals surface area contributed by atoms with Gasteiger partial charge in [-0.2, -0.15) is 0 Å². The van der Waals surface area contributed by atoms with Crippen LogP contribution in [0.4, 0.5) is 5.69 Å². The molecule has 0 saturated heterocycles. The number of ether oxygens (including phenoxy) is 1. The van der Waals surface area contributed by atoms with Gasteiger partial charge in [0.1, 0.15) is 11.3 Å². The molecule has 0 fully saturated rings. The largest absolute Gasteiger partial charge is 0.496 e. The standard InChI is InChI=1S/C14H12ClNO4S/c1-7-3-4-12(21-7)13(17)16-10-6-11(20-2)8(14(18)19)5-9(10)15/h3-6H,1-2H3,(H,16,17)(H,18,19). The summed E-state index contributed by atoms with van der Waals surface area (Å²) in [5, 5.41) is 11.8. The Morgan fingerprint density at radius 3 is 2.57 bits per heavy atom. The number of carbonyl (C=O) groups excluding carboxylic acids is 1. The molecule has 2 rings (SSSR count). The minimum absolute atomic E-state index is 0.0625. The monoisotopic (exact) mass is 325 g/mol. The Labute approximate surface area is 130 Å². The zero-order valence-corrected chi connectivity index (χ0v) is 12.8. The van der Waals surface area contributed by atoms with Crippen molar-refractivity contribution in [3.63, 3.8) is 0 Å². The number of benzene rings is 1. The summed E-state index contributed by atoms with van der Waals surface area (Å²) in [5.74, 6) is -1.33. The molecule has 0 aliphatic carbocycles. The fourth-order valence-electron chi connectivity index (χ4n) is 1.73. The van der Waals surface area contributed by atoms with E-state index in [4.69, 9.17) is 21.4 Å². The maximum atomic E-state index is 12.1. The van der Waals surface area contributed by atoms with Crippen molar-refractivity contribution in [2.24, 2.45) is 0 Å². The molecular formula is C14H12ClNO4S. The zero-order valence-electron chi connectivity index (χ0n) is 11.3. The highest BCUT2D eigenvalue weighted by Crippen LogP contribution is 2.31. The maximum absolute atomic E-state index is 12.1. The molecule has 110 valence electrons. The van der Waals surface area contributed by atoms with E-state index < -0.39 is 5.97 Å².